The minimum Gasteiger partial charge on any atom is -0.485 e. The van der Waals surface area contributed by atoms with Crippen molar-refractivity contribution >= 4 is 34.9 Å². The molecule has 1 heterocycles. The third-order valence-electron chi connectivity index (χ3n) is 2.50. The molecule has 92 valence electrons. The monoisotopic (exact) mass is 275 g/mol. The Kier molecular flexibility index (Phi) is 3.35. The molecule has 1 aromatic rings. The Bertz CT molecular complexity index is 476. The van der Waals surface area contributed by atoms with Gasteiger partial charge < -0.3 is 15.2 Å². The molecule has 2 N–H and O–H groups in total. The molecule has 0 amide bonds. The largest absolute Gasteiger partial charge is 0.485 e. The zero-order valence-corrected chi connectivity index (χ0v) is 10.6. The maximum Gasteiger partial charge on any atom is 0.302 e. The van der Waals surface area contributed by atoms with Gasteiger partial charge in [-0.3, -0.25) is 4.79 Å². The molecule has 1 unspecified atom stereocenters. The third kappa shape index (κ3) is 2.42. The van der Waals surface area contributed by atoms with Crippen LogP contribution in [0, 0.1) is 0 Å². The number of fused-ring (bicyclic) bond motifs is 1. The first-order valence-corrected chi connectivity index (χ1v) is 5.81. The molecule has 1 atom stereocenters. The quantitative estimate of drug-likeness (QED) is 0.665. The lowest BCUT2D eigenvalue weighted by atomic mass is 10.1. The van der Waals surface area contributed by atoms with Gasteiger partial charge in [0.1, 0.15) is 23.5 Å². The Morgan fingerprint density at radius 2 is 2.35 bits per heavy atom. The number of carbonyl (C=O) groups excluding carboxylic acids is 1. The van der Waals surface area contributed by atoms with Gasteiger partial charge in [-0.15, -0.1) is 0 Å². The smallest absolute Gasteiger partial charge is 0.302 e. The molecule has 0 fully saturated rings. The fourth-order valence-corrected chi connectivity index (χ4v) is 2.15. The second kappa shape index (κ2) is 4.63. The Morgan fingerprint density at radius 3 is 3.00 bits per heavy atom. The molecule has 0 spiro atoms. The zero-order valence-electron chi connectivity index (χ0n) is 9.13. The van der Waals surface area contributed by atoms with Crippen molar-refractivity contribution in [3.05, 3.63) is 21.7 Å². The third-order valence-corrected chi connectivity index (χ3v) is 3.27. The van der Waals surface area contributed by atoms with Crippen LogP contribution >= 0.6 is 23.2 Å². The zero-order chi connectivity index (χ0) is 12.6. The highest BCUT2D eigenvalue weighted by Gasteiger charge is 2.29. The molecule has 0 aromatic heterocycles. The molecule has 0 saturated heterocycles. The molecule has 1 aliphatic rings. The van der Waals surface area contributed by atoms with E-state index in [2.05, 4.69) is 0 Å². The molecule has 0 radical (unpaired) electrons. The number of nitrogen functional groups attached to an aromatic ring is 1. The fraction of sp³-hybridized carbons (Fsp3) is 0.364. The number of nitrogens with two attached hydrogens (primary N) is 1. The van der Waals surface area contributed by atoms with Crippen LogP contribution in [0.1, 0.15) is 12.5 Å². The van der Waals surface area contributed by atoms with E-state index in [1.165, 1.54) is 6.92 Å². The summed E-state index contributed by atoms with van der Waals surface area (Å²) in [4.78, 5) is 10.7. The van der Waals surface area contributed by atoms with Crippen molar-refractivity contribution < 1.29 is 14.3 Å². The van der Waals surface area contributed by atoms with Gasteiger partial charge in [-0.2, -0.15) is 0 Å². The maximum absolute atomic E-state index is 10.7. The molecule has 0 saturated carbocycles. The lowest BCUT2D eigenvalue weighted by Crippen LogP contribution is -2.21. The summed E-state index contributed by atoms with van der Waals surface area (Å²) in [6.45, 7) is 1.53. The summed E-state index contributed by atoms with van der Waals surface area (Å²) in [7, 11) is 0. The van der Waals surface area contributed by atoms with Gasteiger partial charge in [-0.05, 0) is 6.07 Å². The summed E-state index contributed by atoms with van der Waals surface area (Å²) in [6.07, 6.45) is 0.304. The molecule has 1 aromatic carbocycles. The standard InChI is InChI=1S/C11H11Cl2NO3/c1-5(15)16-4-6-2-7-9(14)3-8(12)10(13)11(7)17-6/h3,6H,2,4,14H2,1H3. The Morgan fingerprint density at radius 1 is 1.65 bits per heavy atom. The van der Waals surface area contributed by atoms with Crippen LogP contribution in [-0.4, -0.2) is 18.7 Å². The van der Waals surface area contributed by atoms with Crippen LogP contribution in [0.4, 0.5) is 5.69 Å². The normalized spacial score (nSPS) is 17.5. The molecule has 4 nitrogen and oxygen atoms in total. The van der Waals surface area contributed by atoms with E-state index in [-0.39, 0.29) is 18.7 Å². The predicted octanol–water partition coefficient (Wildman–Crippen LogP) is 2.44. The SMILES string of the molecule is CC(=O)OCC1Cc2c(N)cc(Cl)c(Cl)c2O1. The molecule has 0 bridgehead atoms. The van der Waals surface area contributed by atoms with Crippen LogP contribution in [0.5, 0.6) is 5.75 Å². The first-order valence-electron chi connectivity index (χ1n) is 5.05. The molecule has 1 aliphatic heterocycles. The number of esters is 1. The van der Waals surface area contributed by atoms with Gasteiger partial charge in [0.15, 0.2) is 0 Å². The second-order valence-corrected chi connectivity index (χ2v) is 4.60. The lowest BCUT2D eigenvalue weighted by molar-refractivity contribution is -0.143. The van der Waals surface area contributed by atoms with E-state index in [0.717, 1.165) is 5.56 Å². The molecule has 0 aliphatic carbocycles. The van der Waals surface area contributed by atoms with Gasteiger partial charge in [0.05, 0.1) is 5.02 Å². The van der Waals surface area contributed by atoms with Gasteiger partial charge in [0, 0.05) is 24.6 Å². The highest BCUT2D eigenvalue weighted by Crippen LogP contribution is 2.43. The summed E-state index contributed by atoms with van der Waals surface area (Å²) in [5, 5.41) is 0.706. The number of halogens is 2. The Labute approximate surface area is 109 Å². The molecular weight excluding hydrogens is 265 g/mol. The van der Waals surface area contributed by atoms with E-state index in [9.17, 15) is 4.79 Å². The van der Waals surface area contributed by atoms with E-state index < -0.39 is 0 Å². The van der Waals surface area contributed by atoms with Crippen LogP contribution in [0.3, 0.4) is 0 Å². The average molecular weight is 276 g/mol. The van der Waals surface area contributed by atoms with Crippen molar-refractivity contribution in [1.29, 1.82) is 0 Å². The van der Waals surface area contributed by atoms with E-state index in [4.69, 9.17) is 38.4 Å². The Hall–Kier alpha value is -1.13. The van der Waals surface area contributed by atoms with Crippen molar-refractivity contribution in [2.45, 2.75) is 19.4 Å². The number of carbonyl (C=O) groups is 1. The van der Waals surface area contributed by atoms with Crippen molar-refractivity contribution in [2.24, 2.45) is 0 Å². The van der Waals surface area contributed by atoms with Crippen LogP contribution in [-0.2, 0) is 16.0 Å². The topological polar surface area (TPSA) is 61.5 Å². The number of benzene rings is 1. The lowest BCUT2D eigenvalue weighted by Gasteiger charge is -2.10. The first-order chi connectivity index (χ1) is 7.99. The Balaban J connectivity index is 2.19. The minimum atomic E-state index is -0.346. The predicted molar refractivity (Wildman–Crippen MR) is 65.6 cm³/mol. The van der Waals surface area contributed by atoms with Crippen molar-refractivity contribution in [3.63, 3.8) is 0 Å². The minimum absolute atomic E-state index is 0.178. The van der Waals surface area contributed by atoms with Crippen molar-refractivity contribution in [3.8, 4) is 5.75 Å². The van der Waals surface area contributed by atoms with Gasteiger partial charge in [0.25, 0.3) is 0 Å². The van der Waals surface area contributed by atoms with E-state index >= 15 is 0 Å². The van der Waals surface area contributed by atoms with Gasteiger partial charge in [-0.25, -0.2) is 0 Å². The molecule has 6 heteroatoms. The highest BCUT2D eigenvalue weighted by atomic mass is 35.5. The molecular formula is C11H11Cl2NO3. The number of rotatable bonds is 2. The van der Waals surface area contributed by atoms with E-state index in [1.807, 2.05) is 0 Å². The van der Waals surface area contributed by atoms with Crippen molar-refractivity contribution in [2.75, 3.05) is 12.3 Å². The number of hydrogen-bond donors (Lipinski definition) is 1. The highest BCUT2D eigenvalue weighted by molar-refractivity contribution is 6.43. The van der Waals surface area contributed by atoms with E-state index in [1.54, 1.807) is 6.07 Å². The summed E-state index contributed by atoms with van der Waals surface area (Å²) < 4.78 is 10.5. The summed E-state index contributed by atoms with van der Waals surface area (Å²) in [5.74, 6) is 0.149. The van der Waals surface area contributed by atoms with Crippen LogP contribution in [0.2, 0.25) is 10.0 Å². The molecule has 17 heavy (non-hydrogen) atoms. The van der Waals surface area contributed by atoms with Crippen LogP contribution in [0.25, 0.3) is 0 Å². The van der Waals surface area contributed by atoms with Gasteiger partial charge in [-0.1, -0.05) is 23.2 Å². The number of hydrogen-bond acceptors (Lipinski definition) is 4. The molecule has 2 rings (SSSR count). The summed E-state index contributed by atoms with van der Waals surface area (Å²) >= 11 is 11.9. The number of anilines is 1. The fourth-order valence-electron chi connectivity index (χ4n) is 1.73. The van der Waals surface area contributed by atoms with Gasteiger partial charge in [0.2, 0.25) is 0 Å². The van der Waals surface area contributed by atoms with Crippen LogP contribution < -0.4 is 10.5 Å². The van der Waals surface area contributed by atoms with Crippen LogP contribution in [0.15, 0.2) is 6.07 Å². The number of ether oxygens (including phenoxy) is 2. The van der Waals surface area contributed by atoms with E-state index in [0.29, 0.717) is 27.9 Å². The average Bonchev–Trinajstić information content (AvgIpc) is 2.68. The summed E-state index contributed by atoms with van der Waals surface area (Å²) in [5.41, 5.74) is 7.19. The second-order valence-electron chi connectivity index (χ2n) is 3.82. The van der Waals surface area contributed by atoms with Gasteiger partial charge >= 0.3 is 5.97 Å². The van der Waals surface area contributed by atoms with Crippen molar-refractivity contribution in [1.82, 2.24) is 0 Å². The first kappa shape index (κ1) is 12.3. The summed E-state index contributed by atoms with van der Waals surface area (Å²) in [6, 6.07) is 1.60. The maximum atomic E-state index is 10.7.